The molecule has 5 aromatic rings. The highest BCUT2D eigenvalue weighted by Gasteiger charge is 2.33. The van der Waals surface area contributed by atoms with Gasteiger partial charge in [-0.25, -0.2) is 14.6 Å². The van der Waals surface area contributed by atoms with E-state index in [2.05, 4.69) is 4.99 Å². The molecule has 0 saturated carbocycles. The summed E-state index contributed by atoms with van der Waals surface area (Å²) in [5, 5.41) is 12.7. The topological polar surface area (TPSA) is 130 Å². The van der Waals surface area contributed by atoms with Gasteiger partial charge in [0.25, 0.3) is 11.2 Å². The molecular weight excluding hydrogens is 639 g/mol. The number of hydrogen-bond donors (Lipinski definition) is 0. The molecule has 0 spiro atoms. The van der Waals surface area contributed by atoms with Crippen molar-refractivity contribution in [2.75, 3.05) is 12.9 Å². The average Bonchev–Trinajstić information content (AvgIpc) is 3.38. The fourth-order valence-corrected chi connectivity index (χ4v) is 6.85. The third-order valence-corrected chi connectivity index (χ3v) is 9.40. The Labute approximate surface area is 276 Å². The first-order chi connectivity index (χ1) is 22.7. The molecule has 0 unspecified atom stereocenters. The van der Waals surface area contributed by atoms with Crippen LogP contribution in [0.5, 0.6) is 5.75 Å². The molecule has 0 amide bonds. The number of fused-ring (bicyclic) bond motifs is 2. The summed E-state index contributed by atoms with van der Waals surface area (Å²) < 4.78 is 13.0. The Kier molecular flexibility index (Phi) is 8.88. The number of rotatable bonds is 8. The summed E-state index contributed by atoms with van der Waals surface area (Å²) in [6, 6.07) is 23.0. The monoisotopic (exact) mass is 665 g/mol. The van der Waals surface area contributed by atoms with E-state index in [4.69, 9.17) is 9.47 Å². The first-order valence-electron chi connectivity index (χ1n) is 14.5. The molecule has 1 aliphatic heterocycles. The summed E-state index contributed by atoms with van der Waals surface area (Å²) in [6.45, 7) is 3.62. The molecule has 0 radical (unpaired) electrons. The van der Waals surface area contributed by atoms with E-state index in [0.29, 0.717) is 20.6 Å². The van der Waals surface area contributed by atoms with E-state index < -0.39 is 22.9 Å². The van der Waals surface area contributed by atoms with Gasteiger partial charge in [-0.15, -0.1) is 11.8 Å². The van der Waals surface area contributed by atoms with Crippen molar-refractivity contribution in [3.05, 3.63) is 143 Å². The van der Waals surface area contributed by atoms with Crippen molar-refractivity contribution in [1.82, 2.24) is 4.57 Å². The Hall–Kier alpha value is -5.33. The van der Waals surface area contributed by atoms with Crippen molar-refractivity contribution in [3.8, 4) is 5.75 Å². The number of thioether (sulfide) groups is 1. The molecule has 10 nitrogen and oxygen atoms in total. The van der Waals surface area contributed by atoms with E-state index in [1.165, 1.54) is 28.8 Å². The van der Waals surface area contributed by atoms with Crippen LogP contribution < -0.4 is 19.6 Å². The number of carbonyl (C=O) groups excluding carboxylic acids is 2. The van der Waals surface area contributed by atoms with Gasteiger partial charge in [-0.2, -0.15) is 0 Å². The minimum absolute atomic E-state index is 0.128. The van der Waals surface area contributed by atoms with E-state index in [0.717, 1.165) is 32.6 Å². The number of esters is 2. The van der Waals surface area contributed by atoms with Gasteiger partial charge in [-0.05, 0) is 72.8 Å². The molecule has 1 atom stereocenters. The summed E-state index contributed by atoms with van der Waals surface area (Å²) in [5.74, 6) is -1.06. The van der Waals surface area contributed by atoms with Gasteiger partial charge < -0.3 is 9.47 Å². The summed E-state index contributed by atoms with van der Waals surface area (Å²) in [5.41, 5.74) is 1.57. The van der Waals surface area contributed by atoms with Gasteiger partial charge >= 0.3 is 11.9 Å². The number of ether oxygens (including phenoxy) is 2. The van der Waals surface area contributed by atoms with Crippen LogP contribution in [0.1, 0.15) is 41.4 Å². The summed E-state index contributed by atoms with van der Waals surface area (Å²) in [6.07, 6.45) is 3.64. The highest BCUT2D eigenvalue weighted by atomic mass is 32.2. The van der Waals surface area contributed by atoms with Gasteiger partial charge in [0.2, 0.25) is 0 Å². The van der Waals surface area contributed by atoms with Gasteiger partial charge in [0.05, 0.1) is 38.9 Å². The highest BCUT2D eigenvalue weighted by molar-refractivity contribution is 7.98. The van der Waals surface area contributed by atoms with Crippen LogP contribution in [-0.4, -0.2) is 34.3 Å². The predicted octanol–water partition coefficient (Wildman–Crippen LogP) is 5.80. The zero-order valence-corrected chi connectivity index (χ0v) is 27.1. The third-order valence-electron chi connectivity index (χ3n) is 7.67. The van der Waals surface area contributed by atoms with Crippen molar-refractivity contribution in [1.29, 1.82) is 0 Å². The van der Waals surface area contributed by atoms with Crippen LogP contribution in [0.4, 0.5) is 5.69 Å². The fraction of sp³-hybridized carbons (Fsp3) is 0.143. The van der Waals surface area contributed by atoms with E-state index >= 15 is 0 Å². The maximum absolute atomic E-state index is 14.3. The molecule has 0 saturated heterocycles. The Morgan fingerprint density at radius 1 is 1.02 bits per heavy atom. The third kappa shape index (κ3) is 6.12. The number of thiazole rings is 1. The molecule has 2 heterocycles. The zero-order valence-electron chi connectivity index (χ0n) is 25.5. The van der Waals surface area contributed by atoms with Crippen LogP contribution in [-0.2, 0) is 9.53 Å². The number of allylic oxidation sites excluding steroid dienone is 1. The summed E-state index contributed by atoms with van der Waals surface area (Å²) >= 11 is 2.75. The van der Waals surface area contributed by atoms with E-state index in [1.54, 1.807) is 43.8 Å². The van der Waals surface area contributed by atoms with Crippen LogP contribution in [0.3, 0.4) is 0 Å². The van der Waals surface area contributed by atoms with Crippen molar-refractivity contribution in [2.24, 2.45) is 4.99 Å². The van der Waals surface area contributed by atoms with E-state index in [1.807, 2.05) is 54.8 Å². The number of nitro benzene ring substituents is 1. The van der Waals surface area contributed by atoms with Gasteiger partial charge in [-0.1, -0.05) is 53.8 Å². The van der Waals surface area contributed by atoms with Gasteiger partial charge in [0.15, 0.2) is 4.80 Å². The number of nitrogens with zero attached hydrogens (tertiary/aromatic N) is 3. The second-order valence-electron chi connectivity index (χ2n) is 10.5. The Balaban J connectivity index is 1.51. The lowest BCUT2D eigenvalue weighted by Crippen LogP contribution is -2.39. The Morgan fingerprint density at radius 3 is 2.43 bits per heavy atom. The summed E-state index contributed by atoms with van der Waals surface area (Å²) in [4.78, 5) is 57.3. The lowest BCUT2D eigenvalue weighted by Gasteiger charge is -2.24. The van der Waals surface area contributed by atoms with Gasteiger partial charge in [0, 0.05) is 22.6 Å². The zero-order chi connectivity index (χ0) is 33.2. The molecule has 236 valence electrons. The van der Waals surface area contributed by atoms with Crippen LogP contribution in [0.25, 0.3) is 16.8 Å². The standard InChI is InChI=1S/C35H27N3O7S2/c1-4-44-34(41)30-20(2)36-35-37(31(30)22-11-16-25(46-3)17-12-22)32(39)29(47-35)19-27-26-8-6-5-7-21(26)13-18-28(27)45-33(40)23-9-14-24(15-10-23)38(42)43/h5-19,31H,4H2,1-3H3/b29-19-/t31-/m0/s1. The molecule has 1 aromatic heterocycles. The smallest absolute Gasteiger partial charge is 0.343 e. The maximum atomic E-state index is 14.3. The molecular formula is C35H27N3O7S2. The predicted molar refractivity (Wildman–Crippen MR) is 181 cm³/mol. The molecule has 47 heavy (non-hydrogen) atoms. The van der Waals surface area contributed by atoms with E-state index in [-0.39, 0.29) is 34.7 Å². The van der Waals surface area contributed by atoms with Gasteiger partial charge in [0.1, 0.15) is 5.75 Å². The number of hydrogen-bond acceptors (Lipinski definition) is 10. The molecule has 12 heteroatoms. The normalized spacial score (nSPS) is 14.4. The van der Waals surface area contributed by atoms with E-state index in [9.17, 15) is 24.5 Å². The Bertz CT molecular complexity index is 2270. The first-order valence-corrected chi connectivity index (χ1v) is 16.6. The van der Waals surface area contributed by atoms with Crippen molar-refractivity contribution in [2.45, 2.75) is 24.8 Å². The number of nitro groups is 1. The molecule has 0 fully saturated rings. The second-order valence-corrected chi connectivity index (χ2v) is 12.4. The average molecular weight is 666 g/mol. The first kappa shape index (κ1) is 31.6. The number of benzene rings is 4. The van der Waals surface area contributed by atoms with Crippen LogP contribution in [0.15, 0.2) is 111 Å². The molecule has 0 bridgehead atoms. The minimum atomic E-state index is -0.768. The molecule has 0 aliphatic carbocycles. The number of carbonyl (C=O) groups is 2. The quantitative estimate of drug-likeness (QED) is 0.0669. The highest BCUT2D eigenvalue weighted by Crippen LogP contribution is 2.33. The van der Waals surface area contributed by atoms with Gasteiger partial charge in [-0.3, -0.25) is 19.5 Å². The lowest BCUT2D eigenvalue weighted by atomic mass is 9.96. The van der Waals surface area contributed by atoms with Crippen LogP contribution >= 0.6 is 23.1 Å². The summed E-state index contributed by atoms with van der Waals surface area (Å²) in [7, 11) is 0. The number of aromatic nitrogens is 1. The van der Waals surface area contributed by atoms with Crippen molar-refractivity contribution < 1.29 is 24.0 Å². The lowest BCUT2D eigenvalue weighted by molar-refractivity contribution is -0.384. The minimum Gasteiger partial charge on any atom is -0.463 e. The molecule has 0 N–H and O–H groups in total. The molecule has 4 aromatic carbocycles. The fourth-order valence-electron chi connectivity index (χ4n) is 5.42. The number of non-ortho nitro benzene ring substituents is 1. The van der Waals surface area contributed by atoms with Crippen LogP contribution in [0.2, 0.25) is 0 Å². The second kappa shape index (κ2) is 13.2. The molecule has 6 rings (SSSR count). The van der Waals surface area contributed by atoms with Crippen LogP contribution in [0, 0.1) is 10.1 Å². The maximum Gasteiger partial charge on any atom is 0.343 e. The van der Waals surface area contributed by atoms with Crippen molar-refractivity contribution in [3.63, 3.8) is 0 Å². The largest absolute Gasteiger partial charge is 0.463 e. The SMILES string of the molecule is CCOC(=O)C1=C(C)N=c2s/c(=C\c3c(OC(=O)c4ccc([N+](=O)[O-])cc4)ccc4ccccc34)c(=O)n2[C@H]1c1ccc(SC)cc1. The Morgan fingerprint density at radius 2 is 1.74 bits per heavy atom. The van der Waals surface area contributed by atoms with Crippen molar-refractivity contribution >= 4 is 57.6 Å². The molecule has 1 aliphatic rings.